The van der Waals surface area contributed by atoms with Crippen LogP contribution in [0.15, 0.2) is 59.6 Å². The molecule has 6 heteroatoms. The van der Waals surface area contributed by atoms with Gasteiger partial charge in [-0.05, 0) is 24.3 Å². The number of fused-ring (bicyclic) bond motifs is 1. The van der Waals surface area contributed by atoms with Crippen molar-refractivity contribution in [2.75, 3.05) is 0 Å². The molecule has 3 aromatic heterocycles. The number of nitrogens with zero attached hydrogens (tertiary/aromatic N) is 5. The summed E-state index contributed by atoms with van der Waals surface area (Å²) in [5.41, 5.74) is 2.35. The van der Waals surface area contributed by atoms with Gasteiger partial charge in [-0.1, -0.05) is 11.2 Å². The molecule has 0 fully saturated rings. The normalized spacial score (nSPS) is 10.9. The molecule has 0 aliphatic carbocycles. The minimum absolute atomic E-state index is 0.421. The van der Waals surface area contributed by atoms with Gasteiger partial charge < -0.3 is 4.52 Å². The average Bonchev–Trinajstić information content (AvgIpc) is 3.05. The largest absolute Gasteiger partial charge is 0.334 e. The number of pyridine rings is 1. The zero-order valence-electron chi connectivity index (χ0n) is 10.8. The molecular weight excluding hydrogens is 266 g/mol. The van der Waals surface area contributed by atoms with Crippen LogP contribution < -0.4 is 0 Å². The average molecular weight is 275 g/mol. The van der Waals surface area contributed by atoms with E-state index in [9.17, 15) is 0 Å². The van der Waals surface area contributed by atoms with E-state index in [2.05, 4.69) is 25.1 Å². The first-order chi connectivity index (χ1) is 10.4. The summed E-state index contributed by atoms with van der Waals surface area (Å²) >= 11 is 0. The second-order valence-corrected chi connectivity index (χ2v) is 4.42. The topological polar surface area (TPSA) is 77.6 Å². The lowest BCUT2D eigenvalue weighted by Gasteiger charge is -1.98. The quantitative estimate of drug-likeness (QED) is 0.559. The van der Waals surface area contributed by atoms with Crippen molar-refractivity contribution in [1.29, 1.82) is 0 Å². The second-order valence-electron chi connectivity index (χ2n) is 4.42. The molecule has 0 N–H and O–H groups in total. The Balaban J connectivity index is 1.77. The number of benzene rings is 1. The minimum Gasteiger partial charge on any atom is -0.334 e. The van der Waals surface area contributed by atoms with Gasteiger partial charge in [-0.3, -0.25) is 9.97 Å². The molecule has 0 atom stereocenters. The van der Waals surface area contributed by atoms with Crippen LogP contribution in [-0.2, 0) is 0 Å². The molecule has 4 aromatic rings. The highest BCUT2D eigenvalue weighted by atomic mass is 16.5. The van der Waals surface area contributed by atoms with Gasteiger partial charge in [0.25, 0.3) is 5.89 Å². The summed E-state index contributed by atoms with van der Waals surface area (Å²) in [5.74, 6) is 0.866. The van der Waals surface area contributed by atoms with Gasteiger partial charge in [-0.2, -0.15) is 4.98 Å². The van der Waals surface area contributed by atoms with E-state index < -0.39 is 0 Å². The number of hydrogen-bond acceptors (Lipinski definition) is 6. The molecule has 0 amide bonds. The van der Waals surface area contributed by atoms with Crippen LogP contribution in [0.25, 0.3) is 33.9 Å². The Bertz CT molecular complexity index is 904. The van der Waals surface area contributed by atoms with Gasteiger partial charge in [-0.25, -0.2) is 4.98 Å². The summed E-state index contributed by atoms with van der Waals surface area (Å²) < 4.78 is 5.30. The van der Waals surface area contributed by atoms with Crippen molar-refractivity contribution >= 4 is 10.9 Å². The van der Waals surface area contributed by atoms with Crippen molar-refractivity contribution in [1.82, 2.24) is 25.1 Å². The molecule has 0 aliphatic heterocycles. The molecule has 0 radical (unpaired) electrons. The molecule has 21 heavy (non-hydrogen) atoms. The fourth-order valence-electron chi connectivity index (χ4n) is 2.07. The highest BCUT2D eigenvalue weighted by Crippen LogP contribution is 2.23. The smallest absolute Gasteiger partial charge is 0.258 e. The van der Waals surface area contributed by atoms with E-state index in [4.69, 9.17) is 4.52 Å². The molecule has 4 rings (SSSR count). The molecule has 0 spiro atoms. The summed E-state index contributed by atoms with van der Waals surface area (Å²) in [6.07, 6.45) is 6.55. The number of aromatic nitrogens is 5. The molecule has 3 heterocycles. The van der Waals surface area contributed by atoms with Gasteiger partial charge in [-0.15, -0.1) is 0 Å². The Labute approximate surface area is 119 Å². The Morgan fingerprint density at radius 2 is 1.95 bits per heavy atom. The van der Waals surface area contributed by atoms with Crippen LogP contribution in [0.3, 0.4) is 0 Å². The van der Waals surface area contributed by atoms with Gasteiger partial charge in [0.1, 0.15) is 5.69 Å². The summed E-state index contributed by atoms with van der Waals surface area (Å²) in [4.78, 5) is 16.8. The number of rotatable bonds is 2. The van der Waals surface area contributed by atoms with Gasteiger partial charge in [0, 0.05) is 29.5 Å². The Morgan fingerprint density at radius 1 is 0.952 bits per heavy atom. The van der Waals surface area contributed by atoms with Crippen LogP contribution in [0.5, 0.6) is 0 Å². The lowest BCUT2D eigenvalue weighted by molar-refractivity contribution is 0.432. The van der Waals surface area contributed by atoms with Crippen molar-refractivity contribution in [3.8, 4) is 23.0 Å². The van der Waals surface area contributed by atoms with Crippen molar-refractivity contribution in [3.05, 3.63) is 55.1 Å². The third kappa shape index (κ3) is 2.12. The lowest BCUT2D eigenvalue weighted by Crippen LogP contribution is -1.86. The predicted octanol–water partition coefficient (Wildman–Crippen LogP) is 2.74. The highest BCUT2D eigenvalue weighted by molar-refractivity contribution is 5.82. The molecule has 0 saturated heterocycles. The second kappa shape index (κ2) is 4.75. The zero-order chi connectivity index (χ0) is 14.1. The maximum atomic E-state index is 5.30. The van der Waals surface area contributed by atoms with Gasteiger partial charge >= 0.3 is 0 Å². The molecule has 0 unspecified atom stereocenters. The maximum Gasteiger partial charge on any atom is 0.258 e. The third-order valence-electron chi connectivity index (χ3n) is 3.07. The molecule has 0 bridgehead atoms. The summed E-state index contributed by atoms with van der Waals surface area (Å²) in [7, 11) is 0. The monoisotopic (exact) mass is 275 g/mol. The van der Waals surface area contributed by atoms with Crippen LogP contribution in [0, 0.1) is 0 Å². The fraction of sp³-hybridized carbons (Fsp3) is 0. The van der Waals surface area contributed by atoms with Crippen LogP contribution in [0.1, 0.15) is 0 Å². The number of hydrogen-bond donors (Lipinski definition) is 0. The van der Waals surface area contributed by atoms with Crippen molar-refractivity contribution < 1.29 is 4.52 Å². The van der Waals surface area contributed by atoms with Crippen molar-refractivity contribution in [2.45, 2.75) is 0 Å². The Kier molecular flexibility index (Phi) is 2.64. The van der Waals surface area contributed by atoms with E-state index in [1.807, 2.05) is 30.3 Å². The summed E-state index contributed by atoms with van der Waals surface area (Å²) in [6.45, 7) is 0. The van der Waals surface area contributed by atoms with Crippen LogP contribution in [0.2, 0.25) is 0 Å². The first-order valence-electron chi connectivity index (χ1n) is 6.35. The fourth-order valence-corrected chi connectivity index (χ4v) is 2.07. The molecule has 6 nitrogen and oxygen atoms in total. The molecule has 100 valence electrons. The van der Waals surface area contributed by atoms with Gasteiger partial charge in [0.2, 0.25) is 5.82 Å². The Hall–Kier alpha value is -3.15. The predicted molar refractivity (Wildman–Crippen MR) is 76.1 cm³/mol. The third-order valence-corrected chi connectivity index (χ3v) is 3.07. The van der Waals surface area contributed by atoms with E-state index in [-0.39, 0.29) is 0 Å². The summed E-state index contributed by atoms with van der Waals surface area (Å²) in [5, 5.41) is 4.96. The Morgan fingerprint density at radius 3 is 2.86 bits per heavy atom. The maximum absolute atomic E-state index is 5.30. The summed E-state index contributed by atoms with van der Waals surface area (Å²) in [6, 6.07) is 9.69. The van der Waals surface area contributed by atoms with E-state index in [1.54, 1.807) is 24.8 Å². The highest BCUT2D eigenvalue weighted by Gasteiger charge is 2.12. The first kappa shape index (κ1) is 11.7. The van der Waals surface area contributed by atoms with E-state index >= 15 is 0 Å². The first-order valence-corrected chi connectivity index (χ1v) is 6.35. The SMILES string of the molecule is c1cnc2ccc(-c3nc(-c4cnccn4)no3)cc2c1. The van der Waals surface area contributed by atoms with Crippen molar-refractivity contribution in [3.63, 3.8) is 0 Å². The standard InChI is InChI=1S/C15H9N5O/c1-2-10-8-11(3-4-12(10)17-5-1)15-19-14(20-21-15)13-9-16-6-7-18-13/h1-9H. The van der Waals surface area contributed by atoms with Crippen LogP contribution >= 0.6 is 0 Å². The minimum atomic E-state index is 0.421. The van der Waals surface area contributed by atoms with E-state index in [0.29, 0.717) is 17.4 Å². The van der Waals surface area contributed by atoms with Crippen LogP contribution in [0.4, 0.5) is 0 Å². The molecule has 0 saturated carbocycles. The molecule has 0 aliphatic rings. The van der Waals surface area contributed by atoms with Gasteiger partial charge in [0.15, 0.2) is 0 Å². The lowest BCUT2D eigenvalue weighted by atomic mass is 10.1. The van der Waals surface area contributed by atoms with E-state index in [0.717, 1.165) is 16.5 Å². The molecular formula is C15H9N5O. The zero-order valence-corrected chi connectivity index (χ0v) is 10.8. The molecule has 1 aromatic carbocycles. The van der Waals surface area contributed by atoms with Crippen molar-refractivity contribution in [2.24, 2.45) is 0 Å². The van der Waals surface area contributed by atoms with Crippen LogP contribution in [-0.4, -0.2) is 25.1 Å². The van der Waals surface area contributed by atoms with Gasteiger partial charge in [0.05, 0.1) is 11.7 Å². The van der Waals surface area contributed by atoms with E-state index in [1.165, 1.54) is 0 Å².